The first-order valence-electron chi connectivity index (χ1n) is 6.92. The summed E-state index contributed by atoms with van der Waals surface area (Å²) in [6.45, 7) is 2.24. The maximum Gasteiger partial charge on any atom is 0.234 e. The number of fused-ring (bicyclic) bond motifs is 1. The highest BCUT2D eigenvalue weighted by Crippen LogP contribution is 2.22. The van der Waals surface area contributed by atoms with Crippen molar-refractivity contribution in [1.82, 2.24) is 10.2 Å². The van der Waals surface area contributed by atoms with E-state index in [9.17, 15) is 4.79 Å². The van der Waals surface area contributed by atoms with Gasteiger partial charge >= 0.3 is 0 Å². The molecule has 0 bridgehead atoms. The Hall–Kier alpha value is -1.55. The molecule has 0 radical (unpaired) electrons. The Labute approximate surface area is 115 Å². The van der Waals surface area contributed by atoms with Crippen LogP contribution in [0, 0.1) is 0 Å². The van der Waals surface area contributed by atoms with Crippen molar-refractivity contribution >= 4 is 11.6 Å². The molecule has 0 saturated carbocycles. The zero-order valence-corrected chi connectivity index (χ0v) is 11.8. The van der Waals surface area contributed by atoms with Gasteiger partial charge in [0.2, 0.25) is 5.91 Å². The average molecular weight is 261 g/mol. The predicted molar refractivity (Wildman–Crippen MR) is 78.5 cm³/mol. The van der Waals surface area contributed by atoms with Crippen LogP contribution in [0.15, 0.2) is 18.2 Å². The number of nitrogens with one attached hydrogen (secondary N) is 2. The fraction of sp³-hybridized carbons (Fsp3) is 0.533. The summed E-state index contributed by atoms with van der Waals surface area (Å²) in [5.41, 5.74) is 3.97. The zero-order chi connectivity index (χ0) is 13.7. The number of nitrogens with zero attached hydrogens (tertiary/aromatic N) is 1. The molecule has 1 aromatic carbocycles. The van der Waals surface area contributed by atoms with Crippen molar-refractivity contribution in [1.29, 1.82) is 0 Å². The van der Waals surface area contributed by atoms with E-state index in [0.29, 0.717) is 13.1 Å². The molecule has 104 valence electrons. The molecule has 19 heavy (non-hydrogen) atoms. The van der Waals surface area contributed by atoms with Gasteiger partial charge < -0.3 is 15.5 Å². The molecule has 4 heteroatoms. The first-order valence-corrected chi connectivity index (χ1v) is 6.92. The lowest BCUT2D eigenvalue weighted by Gasteiger charge is -2.18. The first kappa shape index (κ1) is 13.9. The number of carbonyl (C=O) groups excluding carboxylic acids is 1. The number of likely N-dealkylation sites (N-methyl/N-ethyl adjacent to an activating group) is 1. The predicted octanol–water partition coefficient (Wildman–Crippen LogP) is 1.26. The molecule has 1 aliphatic rings. The van der Waals surface area contributed by atoms with Crippen molar-refractivity contribution in [3.8, 4) is 0 Å². The molecule has 0 saturated heterocycles. The largest absolute Gasteiger partial charge is 0.385 e. The van der Waals surface area contributed by atoms with Crippen LogP contribution in [0.4, 0.5) is 5.69 Å². The van der Waals surface area contributed by atoms with E-state index in [0.717, 1.165) is 19.4 Å². The Balaban J connectivity index is 1.81. The number of amides is 1. The molecule has 4 nitrogen and oxygen atoms in total. The van der Waals surface area contributed by atoms with E-state index >= 15 is 0 Å². The van der Waals surface area contributed by atoms with Gasteiger partial charge in [-0.2, -0.15) is 0 Å². The highest BCUT2D eigenvalue weighted by atomic mass is 16.1. The Morgan fingerprint density at radius 3 is 3.05 bits per heavy atom. The summed E-state index contributed by atoms with van der Waals surface area (Å²) in [5.74, 6) is 0.0876. The van der Waals surface area contributed by atoms with E-state index in [4.69, 9.17) is 0 Å². The maximum absolute atomic E-state index is 11.5. The molecule has 0 fully saturated rings. The highest BCUT2D eigenvalue weighted by Gasteiger charge is 2.08. The number of hydrogen-bond acceptors (Lipinski definition) is 3. The second-order valence-corrected chi connectivity index (χ2v) is 5.36. The molecule has 1 heterocycles. The highest BCUT2D eigenvalue weighted by molar-refractivity contribution is 5.77. The van der Waals surface area contributed by atoms with Gasteiger partial charge in [-0.05, 0) is 50.6 Å². The minimum Gasteiger partial charge on any atom is -0.385 e. The molecule has 0 atom stereocenters. The van der Waals surface area contributed by atoms with Crippen molar-refractivity contribution in [3.05, 3.63) is 29.3 Å². The number of rotatable bonds is 5. The van der Waals surface area contributed by atoms with Crippen molar-refractivity contribution in [3.63, 3.8) is 0 Å². The molecular formula is C15H23N3O. The fourth-order valence-corrected chi connectivity index (χ4v) is 2.37. The Morgan fingerprint density at radius 2 is 2.26 bits per heavy atom. The van der Waals surface area contributed by atoms with Gasteiger partial charge in [0.05, 0.1) is 6.54 Å². The third-order valence-corrected chi connectivity index (χ3v) is 3.30. The number of carbonyl (C=O) groups is 1. The van der Waals surface area contributed by atoms with Crippen LogP contribution in [0.2, 0.25) is 0 Å². The summed E-state index contributed by atoms with van der Waals surface area (Å²) < 4.78 is 0. The molecule has 0 aromatic heterocycles. The summed E-state index contributed by atoms with van der Waals surface area (Å²) in [4.78, 5) is 13.4. The maximum atomic E-state index is 11.5. The lowest BCUT2D eigenvalue weighted by Crippen LogP contribution is -2.34. The van der Waals surface area contributed by atoms with Gasteiger partial charge in [-0.15, -0.1) is 0 Å². The number of benzene rings is 1. The normalized spacial score (nSPS) is 13.8. The van der Waals surface area contributed by atoms with Crippen LogP contribution in [-0.4, -0.2) is 44.5 Å². The first-order chi connectivity index (χ1) is 9.15. The van der Waals surface area contributed by atoms with E-state index in [-0.39, 0.29) is 5.91 Å². The van der Waals surface area contributed by atoms with Gasteiger partial charge in [0.25, 0.3) is 0 Å². The van der Waals surface area contributed by atoms with Crippen molar-refractivity contribution < 1.29 is 4.79 Å². The number of aryl methyl sites for hydroxylation is 1. The number of anilines is 1. The van der Waals surface area contributed by atoms with E-state index in [1.54, 1.807) is 0 Å². The minimum atomic E-state index is 0.0876. The second kappa shape index (κ2) is 6.57. The van der Waals surface area contributed by atoms with Crippen molar-refractivity contribution in [2.45, 2.75) is 19.3 Å². The summed E-state index contributed by atoms with van der Waals surface area (Å²) in [7, 11) is 3.80. The van der Waals surface area contributed by atoms with Gasteiger partial charge in [0.1, 0.15) is 0 Å². The van der Waals surface area contributed by atoms with Crippen molar-refractivity contribution in [2.24, 2.45) is 0 Å². The van der Waals surface area contributed by atoms with E-state index in [1.807, 2.05) is 19.0 Å². The van der Waals surface area contributed by atoms with Crippen LogP contribution >= 0.6 is 0 Å². The average Bonchev–Trinajstić information content (AvgIpc) is 2.37. The van der Waals surface area contributed by atoms with Crippen molar-refractivity contribution in [2.75, 3.05) is 39.0 Å². The van der Waals surface area contributed by atoms with E-state index in [1.165, 1.54) is 23.2 Å². The Kier molecular flexibility index (Phi) is 4.80. The minimum absolute atomic E-state index is 0.0876. The lowest BCUT2D eigenvalue weighted by molar-refractivity contribution is -0.121. The van der Waals surface area contributed by atoms with Crippen LogP contribution in [0.3, 0.4) is 0 Å². The SMILES string of the molecule is CN(C)CC(=O)NCCc1ccc2c(c1)CCCN2. The summed E-state index contributed by atoms with van der Waals surface area (Å²) in [6, 6.07) is 6.57. The van der Waals surface area contributed by atoms with Crippen LogP contribution in [-0.2, 0) is 17.6 Å². The quantitative estimate of drug-likeness (QED) is 0.839. The second-order valence-electron chi connectivity index (χ2n) is 5.36. The third kappa shape index (κ3) is 4.24. The molecule has 1 aromatic rings. The molecule has 0 unspecified atom stereocenters. The van der Waals surface area contributed by atoms with Gasteiger partial charge in [-0.25, -0.2) is 0 Å². The molecule has 0 spiro atoms. The zero-order valence-electron chi connectivity index (χ0n) is 11.8. The van der Waals surface area contributed by atoms with Crippen LogP contribution < -0.4 is 10.6 Å². The summed E-state index contributed by atoms with van der Waals surface area (Å²) in [5, 5.41) is 6.36. The van der Waals surface area contributed by atoms with Gasteiger partial charge in [-0.3, -0.25) is 4.79 Å². The van der Waals surface area contributed by atoms with Gasteiger partial charge in [0, 0.05) is 18.8 Å². The van der Waals surface area contributed by atoms with Crippen LogP contribution in [0.1, 0.15) is 17.5 Å². The van der Waals surface area contributed by atoms with Gasteiger partial charge in [0.15, 0.2) is 0 Å². The summed E-state index contributed by atoms with van der Waals surface area (Å²) in [6.07, 6.45) is 3.26. The van der Waals surface area contributed by atoms with Gasteiger partial charge in [-0.1, -0.05) is 12.1 Å². The monoisotopic (exact) mass is 261 g/mol. The van der Waals surface area contributed by atoms with Crippen LogP contribution in [0.5, 0.6) is 0 Å². The number of hydrogen-bond donors (Lipinski definition) is 2. The van der Waals surface area contributed by atoms with E-state index in [2.05, 4.69) is 28.8 Å². The Bertz CT molecular complexity index is 443. The summed E-state index contributed by atoms with van der Waals surface area (Å²) >= 11 is 0. The molecule has 2 rings (SSSR count). The molecule has 0 aliphatic carbocycles. The lowest BCUT2D eigenvalue weighted by atomic mass is 9.99. The standard InChI is InChI=1S/C15H23N3O/c1-18(2)11-15(19)17-9-7-12-5-6-14-13(10-12)4-3-8-16-14/h5-6,10,16H,3-4,7-9,11H2,1-2H3,(H,17,19). The topological polar surface area (TPSA) is 44.4 Å². The smallest absolute Gasteiger partial charge is 0.234 e. The molecular weight excluding hydrogens is 238 g/mol. The third-order valence-electron chi connectivity index (χ3n) is 3.30. The molecule has 2 N–H and O–H groups in total. The van der Waals surface area contributed by atoms with E-state index < -0.39 is 0 Å². The Morgan fingerprint density at radius 1 is 1.42 bits per heavy atom. The fourth-order valence-electron chi connectivity index (χ4n) is 2.37. The molecule has 1 amide bonds. The van der Waals surface area contributed by atoms with Crippen LogP contribution in [0.25, 0.3) is 0 Å². The molecule has 1 aliphatic heterocycles.